The normalized spacial score (nSPS) is 15.3. The van der Waals surface area contributed by atoms with Gasteiger partial charge >= 0.3 is 0 Å². The largest absolute Gasteiger partial charge is 0.489 e. The number of amidine groups is 1. The lowest BCUT2D eigenvalue weighted by Crippen LogP contribution is -2.20. The maximum atomic E-state index is 12.3. The van der Waals surface area contributed by atoms with Crippen molar-refractivity contribution < 1.29 is 14.3 Å². The lowest BCUT2D eigenvalue weighted by Gasteiger charge is -2.07. The Morgan fingerprint density at radius 2 is 1.82 bits per heavy atom. The number of nitriles is 1. The zero-order valence-corrected chi connectivity index (χ0v) is 18.7. The summed E-state index contributed by atoms with van der Waals surface area (Å²) in [5.41, 5.74) is 2.56. The molecule has 33 heavy (non-hydrogen) atoms. The fourth-order valence-corrected chi connectivity index (χ4v) is 3.90. The monoisotopic (exact) mass is 473 g/mol. The van der Waals surface area contributed by atoms with Gasteiger partial charge in [0.2, 0.25) is 0 Å². The Hall–Kier alpha value is -3.86. The predicted octanol–water partition coefficient (Wildman–Crippen LogP) is 5.19. The predicted molar refractivity (Wildman–Crippen MR) is 129 cm³/mol. The highest BCUT2D eigenvalue weighted by Gasteiger charge is 2.24. The standard InChI is InChI=1S/C25H16ClN3O3S/c26-20-9-7-17(8-10-20)23(30)28-25-29-24(31)22(33-25)13-16-5-11-21(12-6-16)32-15-19-4-2-1-3-18(19)14-27/h1-13H,15H2,(H,28,29,30,31)/b22-13-. The minimum absolute atomic E-state index is 0.224. The van der Waals surface area contributed by atoms with Crippen LogP contribution in [0, 0.1) is 11.3 Å². The van der Waals surface area contributed by atoms with E-state index in [-0.39, 0.29) is 17.7 Å². The molecule has 4 rings (SSSR count). The molecule has 0 aliphatic carbocycles. The quantitative estimate of drug-likeness (QED) is 0.515. The number of benzene rings is 3. The number of amides is 2. The van der Waals surface area contributed by atoms with E-state index in [0.717, 1.165) is 22.9 Å². The number of hydrogen-bond donors (Lipinski definition) is 1. The van der Waals surface area contributed by atoms with E-state index in [0.29, 0.717) is 26.8 Å². The molecule has 3 aromatic rings. The molecule has 3 aromatic carbocycles. The van der Waals surface area contributed by atoms with Crippen molar-refractivity contribution in [3.63, 3.8) is 0 Å². The molecule has 0 radical (unpaired) electrons. The summed E-state index contributed by atoms with van der Waals surface area (Å²) in [7, 11) is 0. The summed E-state index contributed by atoms with van der Waals surface area (Å²) in [5.74, 6) is -0.143. The molecule has 2 amide bonds. The van der Waals surface area contributed by atoms with Gasteiger partial charge in [-0.15, -0.1) is 0 Å². The van der Waals surface area contributed by atoms with E-state index in [1.54, 1.807) is 48.5 Å². The molecular formula is C25H16ClN3O3S. The lowest BCUT2D eigenvalue weighted by atomic mass is 10.1. The molecule has 0 unspecified atom stereocenters. The number of hydrogen-bond acceptors (Lipinski definition) is 5. The molecular weight excluding hydrogens is 458 g/mol. The first-order valence-corrected chi connectivity index (χ1v) is 11.0. The number of carbonyl (C=O) groups excluding carboxylic acids is 2. The van der Waals surface area contributed by atoms with E-state index in [1.165, 1.54) is 0 Å². The third-order valence-corrected chi connectivity index (χ3v) is 5.82. The van der Waals surface area contributed by atoms with Crippen LogP contribution in [0.25, 0.3) is 6.08 Å². The summed E-state index contributed by atoms with van der Waals surface area (Å²) in [6, 6.07) is 23.0. The van der Waals surface area contributed by atoms with Crippen LogP contribution in [-0.4, -0.2) is 17.0 Å². The van der Waals surface area contributed by atoms with Crippen LogP contribution in [0.15, 0.2) is 82.7 Å². The second-order valence-electron chi connectivity index (χ2n) is 6.92. The summed E-state index contributed by atoms with van der Waals surface area (Å²) in [6.45, 7) is 0.282. The molecule has 1 aliphatic rings. The Morgan fingerprint density at radius 1 is 1.09 bits per heavy atom. The van der Waals surface area contributed by atoms with Crippen LogP contribution in [0.4, 0.5) is 0 Å². The average molecular weight is 474 g/mol. The van der Waals surface area contributed by atoms with Crippen molar-refractivity contribution in [2.24, 2.45) is 4.99 Å². The number of thioether (sulfide) groups is 1. The minimum Gasteiger partial charge on any atom is -0.489 e. The Labute approximate surface area is 199 Å². The van der Waals surface area contributed by atoms with Crippen LogP contribution in [0.2, 0.25) is 5.02 Å². The molecule has 0 bridgehead atoms. The van der Waals surface area contributed by atoms with Crippen LogP contribution < -0.4 is 10.1 Å². The lowest BCUT2D eigenvalue weighted by molar-refractivity contribution is -0.115. The van der Waals surface area contributed by atoms with E-state index in [4.69, 9.17) is 21.6 Å². The summed E-state index contributed by atoms with van der Waals surface area (Å²) in [4.78, 5) is 29.0. The van der Waals surface area contributed by atoms with Gasteiger partial charge in [0, 0.05) is 16.1 Å². The number of halogens is 1. The highest BCUT2D eigenvalue weighted by Crippen LogP contribution is 2.27. The average Bonchev–Trinajstić information content (AvgIpc) is 3.17. The molecule has 6 nitrogen and oxygen atoms in total. The zero-order chi connectivity index (χ0) is 23.2. The second-order valence-corrected chi connectivity index (χ2v) is 8.39. The van der Waals surface area contributed by atoms with Gasteiger partial charge in [0.1, 0.15) is 12.4 Å². The molecule has 1 aliphatic heterocycles. The SMILES string of the molecule is N#Cc1ccccc1COc1ccc(/C=C2\SC(=NC(=O)c3ccc(Cl)cc3)NC2=O)cc1. The molecule has 0 atom stereocenters. The van der Waals surface area contributed by atoms with Gasteiger partial charge < -0.3 is 10.1 Å². The summed E-state index contributed by atoms with van der Waals surface area (Å²) in [5, 5.41) is 12.5. The maximum absolute atomic E-state index is 12.3. The fraction of sp³-hybridized carbons (Fsp3) is 0.0400. The van der Waals surface area contributed by atoms with Gasteiger partial charge in [-0.25, -0.2) is 0 Å². The molecule has 0 saturated carbocycles. The molecule has 0 aromatic heterocycles. The van der Waals surface area contributed by atoms with Gasteiger partial charge in [-0.2, -0.15) is 10.3 Å². The van der Waals surface area contributed by atoms with Crippen molar-refractivity contribution in [1.82, 2.24) is 5.32 Å². The number of carbonyl (C=O) groups is 2. The number of aliphatic imine (C=N–C) groups is 1. The smallest absolute Gasteiger partial charge is 0.279 e. The zero-order valence-electron chi connectivity index (χ0n) is 17.1. The van der Waals surface area contributed by atoms with Gasteiger partial charge in [-0.05, 0) is 65.9 Å². The van der Waals surface area contributed by atoms with Crippen LogP contribution in [0.3, 0.4) is 0 Å². The van der Waals surface area contributed by atoms with Crippen molar-refractivity contribution in [3.05, 3.63) is 105 Å². The van der Waals surface area contributed by atoms with Gasteiger partial charge in [0.15, 0.2) is 5.17 Å². The Morgan fingerprint density at radius 3 is 2.55 bits per heavy atom. The van der Waals surface area contributed by atoms with E-state index in [1.807, 2.05) is 30.3 Å². The molecule has 0 spiro atoms. The van der Waals surface area contributed by atoms with Crippen LogP contribution in [-0.2, 0) is 11.4 Å². The number of nitrogens with one attached hydrogen (secondary N) is 1. The van der Waals surface area contributed by atoms with Crippen molar-refractivity contribution >= 4 is 46.4 Å². The summed E-state index contributed by atoms with van der Waals surface area (Å²) >= 11 is 6.93. The Kier molecular flexibility index (Phi) is 6.89. The summed E-state index contributed by atoms with van der Waals surface area (Å²) in [6.07, 6.45) is 1.71. The van der Waals surface area contributed by atoms with E-state index in [9.17, 15) is 9.59 Å². The Balaban J connectivity index is 1.40. The van der Waals surface area contributed by atoms with Crippen LogP contribution in [0.1, 0.15) is 27.0 Å². The number of nitrogens with zero attached hydrogens (tertiary/aromatic N) is 2. The van der Waals surface area contributed by atoms with E-state index in [2.05, 4.69) is 16.4 Å². The first-order valence-electron chi connectivity index (χ1n) is 9.82. The molecule has 1 N–H and O–H groups in total. The molecule has 1 heterocycles. The fourth-order valence-electron chi connectivity index (χ4n) is 2.96. The van der Waals surface area contributed by atoms with Gasteiger partial charge in [0.05, 0.1) is 16.5 Å². The van der Waals surface area contributed by atoms with Crippen molar-refractivity contribution in [2.75, 3.05) is 0 Å². The minimum atomic E-state index is -0.463. The Bertz CT molecular complexity index is 1310. The maximum Gasteiger partial charge on any atom is 0.279 e. The molecule has 8 heteroatoms. The third-order valence-electron chi connectivity index (χ3n) is 4.66. The number of rotatable bonds is 5. The van der Waals surface area contributed by atoms with E-state index >= 15 is 0 Å². The second kappa shape index (κ2) is 10.2. The van der Waals surface area contributed by atoms with E-state index < -0.39 is 5.91 Å². The molecule has 1 saturated heterocycles. The van der Waals surface area contributed by atoms with Crippen molar-refractivity contribution in [1.29, 1.82) is 5.26 Å². The van der Waals surface area contributed by atoms with Gasteiger partial charge in [-0.3, -0.25) is 9.59 Å². The van der Waals surface area contributed by atoms with Crippen LogP contribution in [0.5, 0.6) is 5.75 Å². The van der Waals surface area contributed by atoms with Crippen LogP contribution >= 0.6 is 23.4 Å². The first-order chi connectivity index (χ1) is 16.0. The van der Waals surface area contributed by atoms with Gasteiger partial charge in [-0.1, -0.05) is 41.9 Å². The summed E-state index contributed by atoms with van der Waals surface area (Å²) < 4.78 is 5.77. The third kappa shape index (κ3) is 5.69. The van der Waals surface area contributed by atoms with Gasteiger partial charge in [0.25, 0.3) is 11.8 Å². The van der Waals surface area contributed by atoms with Crippen molar-refractivity contribution in [3.8, 4) is 11.8 Å². The number of ether oxygens (including phenoxy) is 1. The molecule has 162 valence electrons. The van der Waals surface area contributed by atoms with Crippen molar-refractivity contribution in [2.45, 2.75) is 6.61 Å². The first kappa shape index (κ1) is 22.3. The molecule has 1 fully saturated rings. The highest BCUT2D eigenvalue weighted by atomic mass is 35.5. The topological polar surface area (TPSA) is 91.5 Å². The highest BCUT2D eigenvalue weighted by molar-refractivity contribution is 8.18.